The molecule has 0 aliphatic carbocycles. The van der Waals surface area contributed by atoms with E-state index in [2.05, 4.69) is 0 Å². The number of hydrogen-bond donors (Lipinski definition) is 1. The Kier molecular flexibility index (Phi) is 4.43. The molecule has 0 spiro atoms. The molecule has 0 amide bonds. The van der Waals surface area contributed by atoms with Gasteiger partial charge in [-0.2, -0.15) is 0 Å². The van der Waals surface area contributed by atoms with Crippen LogP contribution in [0.1, 0.15) is 34.0 Å². The maximum Gasteiger partial charge on any atom is 0.150 e. The normalized spacial score (nSPS) is 13.5. The molecule has 0 saturated heterocycles. The minimum Gasteiger partial charge on any atom is -0.490 e. The van der Waals surface area contributed by atoms with Gasteiger partial charge in [0, 0.05) is 5.56 Å². The van der Waals surface area contributed by atoms with Gasteiger partial charge < -0.3 is 9.84 Å². The molecule has 1 unspecified atom stereocenters. The molecule has 3 nitrogen and oxygen atoms in total. The largest absolute Gasteiger partial charge is 0.490 e. The number of aliphatic hydroxyl groups is 1. The smallest absolute Gasteiger partial charge is 0.150 e. The molecule has 2 aromatic carbocycles. The molecule has 0 aliphatic rings. The van der Waals surface area contributed by atoms with Crippen molar-refractivity contribution >= 4 is 6.29 Å². The van der Waals surface area contributed by atoms with E-state index in [0.717, 1.165) is 28.7 Å². The average Bonchev–Trinajstić information content (AvgIpc) is 2.47. The molecule has 2 aromatic rings. The van der Waals surface area contributed by atoms with Gasteiger partial charge in [-0.15, -0.1) is 0 Å². The molecule has 2 rings (SSSR count). The van der Waals surface area contributed by atoms with Crippen molar-refractivity contribution in [2.75, 3.05) is 6.61 Å². The van der Waals surface area contributed by atoms with E-state index in [-0.39, 0.29) is 6.61 Å². The summed E-state index contributed by atoms with van der Waals surface area (Å²) < 4.78 is 5.82. The lowest BCUT2D eigenvalue weighted by atomic mass is 9.97. The second-order valence-electron chi connectivity index (χ2n) is 5.53. The van der Waals surface area contributed by atoms with Crippen LogP contribution in [-0.4, -0.2) is 18.0 Å². The second kappa shape index (κ2) is 6.10. The molecule has 0 bridgehead atoms. The van der Waals surface area contributed by atoms with Crippen LogP contribution in [0.3, 0.4) is 0 Å². The van der Waals surface area contributed by atoms with E-state index in [4.69, 9.17) is 4.74 Å². The fraction of sp³-hybridized carbons (Fsp3) is 0.278. The van der Waals surface area contributed by atoms with E-state index < -0.39 is 5.60 Å². The summed E-state index contributed by atoms with van der Waals surface area (Å²) in [6.45, 7) is 5.67. The van der Waals surface area contributed by atoms with Crippen molar-refractivity contribution in [1.82, 2.24) is 0 Å². The lowest BCUT2D eigenvalue weighted by Gasteiger charge is -2.25. The van der Waals surface area contributed by atoms with Crippen LogP contribution in [-0.2, 0) is 5.60 Å². The van der Waals surface area contributed by atoms with Crippen molar-refractivity contribution in [2.45, 2.75) is 26.4 Å². The molecular weight excluding hydrogens is 264 g/mol. The molecule has 0 heterocycles. The van der Waals surface area contributed by atoms with Crippen LogP contribution in [0.25, 0.3) is 0 Å². The molecule has 21 heavy (non-hydrogen) atoms. The van der Waals surface area contributed by atoms with E-state index in [9.17, 15) is 9.90 Å². The molecule has 0 aromatic heterocycles. The molecule has 0 saturated carbocycles. The Balaban J connectivity index is 2.18. The fourth-order valence-corrected chi connectivity index (χ4v) is 2.37. The number of carbonyl (C=O) groups excluding carboxylic acids is 1. The summed E-state index contributed by atoms with van der Waals surface area (Å²) in [5, 5.41) is 10.5. The van der Waals surface area contributed by atoms with Crippen molar-refractivity contribution < 1.29 is 14.6 Å². The van der Waals surface area contributed by atoms with Gasteiger partial charge >= 0.3 is 0 Å². The first kappa shape index (κ1) is 15.3. The van der Waals surface area contributed by atoms with Crippen LogP contribution in [0, 0.1) is 13.8 Å². The molecule has 0 aliphatic heterocycles. The van der Waals surface area contributed by atoms with Crippen molar-refractivity contribution in [3.8, 4) is 5.75 Å². The lowest BCUT2D eigenvalue weighted by molar-refractivity contribution is 0.00718. The first-order valence-corrected chi connectivity index (χ1v) is 6.91. The number of ether oxygens (including phenoxy) is 1. The van der Waals surface area contributed by atoms with Crippen molar-refractivity contribution in [3.63, 3.8) is 0 Å². The van der Waals surface area contributed by atoms with Gasteiger partial charge in [0.2, 0.25) is 0 Å². The summed E-state index contributed by atoms with van der Waals surface area (Å²) in [5.74, 6) is 0.719. The first-order chi connectivity index (χ1) is 9.94. The van der Waals surface area contributed by atoms with E-state index in [1.807, 2.05) is 44.2 Å². The van der Waals surface area contributed by atoms with Crippen LogP contribution in [0.5, 0.6) is 5.75 Å². The van der Waals surface area contributed by atoms with Crippen LogP contribution in [0.15, 0.2) is 42.5 Å². The zero-order valence-corrected chi connectivity index (χ0v) is 12.6. The molecular formula is C18H20O3. The topological polar surface area (TPSA) is 46.5 Å². The molecule has 3 heteroatoms. The molecule has 110 valence electrons. The van der Waals surface area contributed by atoms with Gasteiger partial charge in [-0.1, -0.05) is 30.3 Å². The SMILES string of the molecule is Cc1cc(C=O)cc(C)c1OCC(C)(O)c1ccccc1. The van der Waals surface area contributed by atoms with Crippen molar-refractivity contribution in [2.24, 2.45) is 0 Å². The molecule has 1 atom stereocenters. The highest BCUT2D eigenvalue weighted by Crippen LogP contribution is 2.27. The van der Waals surface area contributed by atoms with Gasteiger partial charge in [0.15, 0.2) is 0 Å². The van der Waals surface area contributed by atoms with Gasteiger partial charge in [0.05, 0.1) is 0 Å². The van der Waals surface area contributed by atoms with Gasteiger partial charge in [-0.3, -0.25) is 4.79 Å². The highest BCUT2D eigenvalue weighted by atomic mass is 16.5. The van der Waals surface area contributed by atoms with Crippen LogP contribution in [0.2, 0.25) is 0 Å². The van der Waals surface area contributed by atoms with Gasteiger partial charge in [0.25, 0.3) is 0 Å². The summed E-state index contributed by atoms with van der Waals surface area (Å²) in [6, 6.07) is 13.0. The third kappa shape index (κ3) is 3.50. The Hall–Kier alpha value is -2.13. The zero-order valence-electron chi connectivity index (χ0n) is 12.6. The number of hydrogen-bond acceptors (Lipinski definition) is 3. The Morgan fingerprint density at radius 2 is 1.71 bits per heavy atom. The van der Waals surface area contributed by atoms with E-state index in [1.165, 1.54) is 0 Å². The van der Waals surface area contributed by atoms with Crippen LogP contribution >= 0.6 is 0 Å². The predicted molar refractivity (Wildman–Crippen MR) is 82.8 cm³/mol. The summed E-state index contributed by atoms with van der Waals surface area (Å²) >= 11 is 0. The summed E-state index contributed by atoms with van der Waals surface area (Å²) in [4.78, 5) is 10.8. The van der Waals surface area contributed by atoms with Crippen LogP contribution in [0.4, 0.5) is 0 Å². The molecule has 0 radical (unpaired) electrons. The van der Waals surface area contributed by atoms with E-state index in [0.29, 0.717) is 5.56 Å². The quantitative estimate of drug-likeness (QED) is 0.856. The third-order valence-electron chi connectivity index (χ3n) is 3.51. The van der Waals surface area contributed by atoms with Crippen LogP contribution < -0.4 is 4.74 Å². The Morgan fingerprint density at radius 1 is 1.14 bits per heavy atom. The van der Waals surface area contributed by atoms with Crippen molar-refractivity contribution in [3.05, 3.63) is 64.7 Å². The molecule has 0 fully saturated rings. The molecule has 1 N–H and O–H groups in total. The maximum atomic E-state index is 10.8. The summed E-state index contributed by atoms with van der Waals surface area (Å²) in [6.07, 6.45) is 0.823. The number of aldehydes is 1. The van der Waals surface area contributed by atoms with Gasteiger partial charge in [0.1, 0.15) is 24.2 Å². The minimum atomic E-state index is -1.07. The predicted octanol–water partition coefficient (Wildman–Crippen LogP) is 3.40. The third-order valence-corrected chi connectivity index (χ3v) is 3.51. The Bertz CT molecular complexity index is 607. The number of carbonyl (C=O) groups is 1. The lowest BCUT2D eigenvalue weighted by Crippen LogP contribution is -2.29. The highest BCUT2D eigenvalue weighted by molar-refractivity contribution is 5.76. The van der Waals surface area contributed by atoms with E-state index >= 15 is 0 Å². The average molecular weight is 284 g/mol. The summed E-state index contributed by atoms with van der Waals surface area (Å²) in [5.41, 5.74) is 2.16. The van der Waals surface area contributed by atoms with E-state index in [1.54, 1.807) is 19.1 Å². The Labute approximate surface area is 125 Å². The minimum absolute atomic E-state index is 0.152. The van der Waals surface area contributed by atoms with Crippen molar-refractivity contribution in [1.29, 1.82) is 0 Å². The highest BCUT2D eigenvalue weighted by Gasteiger charge is 2.24. The maximum absolute atomic E-state index is 10.8. The van der Waals surface area contributed by atoms with Gasteiger partial charge in [-0.25, -0.2) is 0 Å². The Morgan fingerprint density at radius 3 is 2.24 bits per heavy atom. The first-order valence-electron chi connectivity index (χ1n) is 6.91. The number of benzene rings is 2. The monoisotopic (exact) mass is 284 g/mol. The number of rotatable bonds is 5. The van der Waals surface area contributed by atoms with Gasteiger partial charge in [-0.05, 0) is 49.6 Å². The summed E-state index contributed by atoms with van der Waals surface area (Å²) in [7, 11) is 0. The standard InChI is InChI=1S/C18H20O3/c1-13-9-15(11-19)10-14(2)17(13)21-12-18(3,20)16-7-5-4-6-8-16/h4-11,20H,12H2,1-3H3. The zero-order chi connectivity index (χ0) is 15.5. The number of aryl methyl sites for hydroxylation is 2. The fourth-order valence-electron chi connectivity index (χ4n) is 2.37. The second-order valence-corrected chi connectivity index (χ2v) is 5.53.